The maximum atomic E-state index is 15.8. The van der Waals surface area contributed by atoms with E-state index in [1.54, 1.807) is 18.2 Å². The number of nitrogens with zero attached hydrogens (tertiary/aromatic N) is 4. The second-order valence-corrected chi connectivity index (χ2v) is 14.0. The topological polar surface area (TPSA) is 75.6 Å². The van der Waals surface area contributed by atoms with Crippen molar-refractivity contribution in [1.82, 2.24) is 15.0 Å². The molecule has 5 aromatic carbocycles. The Morgan fingerprint density at radius 2 is 1.13 bits per heavy atom. The number of hydrogen-bond donors (Lipinski definition) is 0. The summed E-state index contributed by atoms with van der Waals surface area (Å²) in [4.78, 5) is 13.0. The molecule has 9 heteroatoms. The number of fused-ring (bicyclic) bond motifs is 3. The maximum absolute atomic E-state index is 15.8. The van der Waals surface area contributed by atoms with Crippen LogP contribution in [0.5, 0.6) is 0 Å². The van der Waals surface area contributed by atoms with Crippen molar-refractivity contribution < 1.29 is 35.7 Å². The van der Waals surface area contributed by atoms with Crippen molar-refractivity contribution in [2.24, 2.45) is 0 Å². The van der Waals surface area contributed by atoms with Crippen molar-refractivity contribution >= 4 is 21.9 Å². The molecule has 9 aromatic rings. The average molecular weight is 819 g/mol. The highest BCUT2D eigenvalue weighted by Gasteiger charge is 2.15. The number of halogens is 4. The molecule has 0 saturated heterocycles. The number of benzene rings is 5. The molecule has 0 aliphatic heterocycles. The molecule has 61 heavy (non-hydrogen) atoms. The first-order valence-corrected chi connectivity index (χ1v) is 18.9. The lowest BCUT2D eigenvalue weighted by Crippen LogP contribution is -2.02. The SMILES string of the molecule is [2H]c1cc2c(oc3c(-c4ccc(C([2H])([2H])C([2H])([2H])c5cc(C([2H])([2H])Cc6cnc(-c7ccc(F)cc7)cc6F)cc(C([2H])([2H])Cc6cnc(-c7ccc(F)cc7)cc6F)c5)cn4)cccc32)c([2H])c1C#N. The van der Waals surface area contributed by atoms with Crippen LogP contribution in [0.3, 0.4) is 0 Å². The Morgan fingerprint density at radius 1 is 0.574 bits per heavy atom. The number of hydrogen-bond acceptors (Lipinski definition) is 5. The molecule has 0 unspecified atom stereocenters. The molecule has 4 heterocycles. The number of aromatic nitrogens is 3. The van der Waals surface area contributed by atoms with E-state index < -0.39 is 67.2 Å². The number of pyridine rings is 3. The Hall–Kier alpha value is -7.44. The monoisotopic (exact) mass is 818 g/mol. The smallest absolute Gasteiger partial charge is 0.144 e. The van der Waals surface area contributed by atoms with Crippen LogP contribution in [-0.2, 0) is 38.3 Å². The fourth-order valence-corrected chi connectivity index (χ4v) is 6.74. The molecule has 0 aliphatic rings. The minimum absolute atomic E-state index is 0.0830. The first-order valence-electron chi connectivity index (χ1n) is 23.9. The van der Waals surface area contributed by atoms with Gasteiger partial charge in [0.05, 0.1) is 31.5 Å². The fraction of sp³-hybridized carbons (Fsp3) is 0.115. The molecular formula is C52H36F4N4O. The van der Waals surface area contributed by atoms with E-state index in [9.17, 15) is 25.0 Å². The standard InChI is InChI=1S/C52H36F4N4O/c53-41-16-12-37(13-17-41)49-26-46(55)39(30-59-49)10-6-34-22-33(23-35(24-34)7-11-40-31-60-50(27-47(40)56)38-14-18-42(54)19-15-38)5-4-32-9-21-48(58-29-32)45-3-1-2-44-43-20-8-36(28-57)25-51(43)61-52(44)45/h1-3,8-9,12-27,29-31H,4-7,10-11H2/i4D2,5D2,6D2,7D2,8D,25D. The summed E-state index contributed by atoms with van der Waals surface area (Å²) < 4.78 is 156. The molecule has 0 radical (unpaired) electrons. The van der Waals surface area contributed by atoms with Gasteiger partial charge in [0.15, 0.2) is 0 Å². The summed E-state index contributed by atoms with van der Waals surface area (Å²) in [6, 6.07) is 26.3. The van der Waals surface area contributed by atoms with Gasteiger partial charge >= 0.3 is 0 Å². The lowest BCUT2D eigenvalue weighted by Gasteiger charge is -2.12. The van der Waals surface area contributed by atoms with Crippen molar-refractivity contribution in [3.05, 3.63) is 208 Å². The van der Waals surface area contributed by atoms with Gasteiger partial charge in [-0.3, -0.25) is 15.0 Å². The van der Waals surface area contributed by atoms with E-state index >= 15 is 8.78 Å². The van der Waals surface area contributed by atoms with Gasteiger partial charge in [-0.1, -0.05) is 36.4 Å². The van der Waals surface area contributed by atoms with Crippen molar-refractivity contribution in [1.29, 1.82) is 5.26 Å². The van der Waals surface area contributed by atoms with Crippen LogP contribution in [0, 0.1) is 34.6 Å². The second kappa shape index (κ2) is 17.0. The molecule has 0 aliphatic carbocycles. The van der Waals surface area contributed by atoms with Crippen molar-refractivity contribution in [3.63, 3.8) is 0 Å². The zero-order valence-electron chi connectivity index (χ0n) is 41.8. The van der Waals surface area contributed by atoms with Crippen LogP contribution < -0.4 is 0 Å². The summed E-state index contributed by atoms with van der Waals surface area (Å²) in [5.74, 6) is -2.76. The predicted octanol–water partition coefficient (Wildman–Crippen LogP) is 12.6. The van der Waals surface area contributed by atoms with Crippen LogP contribution in [0.4, 0.5) is 17.6 Å². The number of furan rings is 1. The average Bonchev–Trinajstić information content (AvgIpc) is 3.72. The Kier molecular flexibility index (Phi) is 8.07. The zero-order valence-corrected chi connectivity index (χ0v) is 31.8. The highest BCUT2D eigenvalue weighted by molar-refractivity contribution is 6.09. The Balaban J connectivity index is 1.09. The summed E-state index contributed by atoms with van der Waals surface area (Å²) in [5.41, 5.74) is 0.0281. The van der Waals surface area contributed by atoms with Gasteiger partial charge in [-0.15, -0.1) is 0 Å². The fourth-order valence-electron chi connectivity index (χ4n) is 6.74. The van der Waals surface area contributed by atoms with Gasteiger partial charge in [0.2, 0.25) is 0 Å². The third-order valence-electron chi connectivity index (χ3n) is 9.89. The molecule has 0 bridgehead atoms. The molecule has 5 nitrogen and oxygen atoms in total. The highest BCUT2D eigenvalue weighted by atomic mass is 19.1. The lowest BCUT2D eigenvalue weighted by molar-refractivity contribution is 0.606. The molecule has 0 amide bonds. The Labute approximate surface area is 363 Å². The van der Waals surface area contributed by atoms with E-state index in [0.717, 1.165) is 48.9 Å². The molecule has 0 fully saturated rings. The normalized spacial score (nSPS) is 14.7. The number of nitriles is 1. The number of rotatable bonds is 12. The van der Waals surface area contributed by atoms with E-state index in [4.69, 9.17) is 7.16 Å². The quantitative estimate of drug-likeness (QED) is 0.115. The minimum atomic E-state index is -3.07. The largest absolute Gasteiger partial charge is 0.455 e. The van der Waals surface area contributed by atoms with Gasteiger partial charge in [-0.2, -0.15) is 5.26 Å². The maximum Gasteiger partial charge on any atom is 0.144 e. The summed E-state index contributed by atoms with van der Waals surface area (Å²) >= 11 is 0. The summed E-state index contributed by atoms with van der Waals surface area (Å²) in [6.07, 6.45) is -9.29. The molecule has 298 valence electrons. The summed E-state index contributed by atoms with van der Waals surface area (Å²) in [5, 5.41) is 10.5. The van der Waals surface area contributed by atoms with Gasteiger partial charge in [0.1, 0.15) is 34.4 Å². The van der Waals surface area contributed by atoms with E-state index in [-0.39, 0.29) is 73.7 Å². The van der Waals surface area contributed by atoms with Gasteiger partial charge in [-0.05, 0) is 139 Å². The van der Waals surface area contributed by atoms with Gasteiger partial charge in [0.25, 0.3) is 0 Å². The van der Waals surface area contributed by atoms with Crippen LogP contribution in [0.2, 0.25) is 0 Å². The lowest BCUT2D eigenvalue weighted by atomic mass is 9.94. The molecule has 9 rings (SSSR count). The van der Waals surface area contributed by atoms with Crippen LogP contribution >= 0.6 is 0 Å². The summed E-state index contributed by atoms with van der Waals surface area (Å²) in [6.45, 7) is 0. The van der Waals surface area contributed by atoms with Gasteiger partial charge < -0.3 is 4.42 Å². The summed E-state index contributed by atoms with van der Waals surface area (Å²) in [7, 11) is 0. The molecule has 0 saturated carbocycles. The molecule has 0 spiro atoms. The molecule has 4 aromatic heterocycles. The van der Waals surface area contributed by atoms with Crippen molar-refractivity contribution in [3.8, 4) is 39.8 Å². The minimum Gasteiger partial charge on any atom is -0.455 e. The predicted molar refractivity (Wildman–Crippen MR) is 230 cm³/mol. The van der Waals surface area contributed by atoms with Crippen LogP contribution in [0.15, 0.2) is 150 Å². The number of para-hydroxylation sites is 1. The molecule has 0 atom stereocenters. The third-order valence-corrected chi connectivity index (χ3v) is 9.89. The number of aryl methyl sites for hydroxylation is 6. The van der Waals surface area contributed by atoms with Crippen LogP contribution in [0.1, 0.15) is 52.7 Å². The molecule has 0 N–H and O–H groups in total. The van der Waals surface area contributed by atoms with Crippen molar-refractivity contribution in [2.45, 2.75) is 38.3 Å². The molecular weight excluding hydrogens is 773 g/mol. The zero-order chi connectivity index (χ0) is 50.8. The first-order chi connectivity index (χ1) is 33.6. The first kappa shape index (κ1) is 28.9. The van der Waals surface area contributed by atoms with Crippen molar-refractivity contribution in [2.75, 3.05) is 0 Å². The third kappa shape index (κ3) is 8.66. The van der Waals surface area contributed by atoms with E-state index in [1.165, 1.54) is 66.7 Å². The van der Waals surface area contributed by atoms with E-state index in [1.807, 2.05) is 6.07 Å². The van der Waals surface area contributed by atoms with Gasteiger partial charge in [-0.25, -0.2) is 17.6 Å². The van der Waals surface area contributed by atoms with Crippen LogP contribution in [-0.4, -0.2) is 15.0 Å². The Bertz CT molecular complexity index is 3460. The van der Waals surface area contributed by atoms with Gasteiger partial charge in [0, 0.05) is 80.3 Å². The second-order valence-electron chi connectivity index (χ2n) is 14.0. The van der Waals surface area contributed by atoms with E-state index in [0.29, 0.717) is 27.5 Å². The highest BCUT2D eigenvalue weighted by Crippen LogP contribution is 2.35. The van der Waals surface area contributed by atoms with Crippen LogP contribution in [0.25, 0.3) is 55.7 Å². The van der Waals surface area contributed by atoms with E-state index in [2.05, 4.69) is 15.0 Å². The Morgan fingerprint density at radius 3 is 1.67 bits per heavy atom.